The fraction of sp³-hybridized carbons (Fsp3) is 0.421. The van der Waals surface area contributed by atoms with Crippen LogP contribution in [0.25, 0.3) is 6.08 Å². The molecule has 0 aliphatic carbocycles. The molecule has 1 atom stereocenters. The fourth-order valence-electron chi connectivity index (χ4n) is 1.97. The lowest BCUT2D eigenvalue weighted by atomic mass is 10.1. The first-order chi connectivity index (χ1) is 11.6. The summed E-state index contributed by atoms with van der Waals surface area (Å²) in [6.45, 7) is 3.87. The zero-order valence-electron chi connectivity index (χ0n) is 14.2. The molecule has 1 rings (SSSR count). The molecular weight excluding hydrogens is 304 g/mol. The second-order valence-electron chi connectivity index (χ2n) is 5.44. The van der Waals surface area contributed by atoms with Gasteiger partial charge in [-0.2, -0.15) is 5.26 Å². The normalized spacial score (nSPS) is 11.7. The first kappa shape index (κ1) is 19.4. The number of benzene rings is 1. The molecule has 0 saturated heterocycles. The highest BCUT2D eigenvalue weighted by molar-refractivity contribution is 5.97. The van der Waals surface area contributed by atoms with Crippen LogP contribution in [0.1, 0.15) is 55.5 Å². The Balaban J connectivity index is 2.60. The van der Waals surface area contributed by atoms with Gasteiger partial charge >= 0.3 is 5.97 Å². The molecular formula is C19H24N2O3. The number of nitriles is 1. The van der Waals surface area contributed by atoms with Gasteiger partial charge in [0.1, 0.15) is 6.04 Å². The number of amides is 1. The minimum Gasteiger partial charge on any atom is -0.464 e. The molecule has 1 unspecified atom stereocenters. The average Bonchev–Trinajstić information content (AvgIpc) is 2.59. The Morgan fingerprint density at radius 1 is 1.42 bits per heavy atom. The summed E-state index contributed by atoms with van der Waals surface area (Å²) in [5.41, 5.74) is 1.39. The molecule has 1 aromatic carbocycles. The molecule has 1 amide bonds. The molecule has 24 heavy (non-hydrogen) atoms. The number of rotatable bonds is 9. The first-order valence-corrected chi connectivity index (χ1v) is 8.19. The first-order valence-electron chi connectivity index (χ1n) is 8.19. The van der Waals surface area contributed by atoms with E-state index < -0.39 is 12.0 Å². The van der Waals surface area contributed by atoms with Gasteiger partial charge in [0.2, 0.25) is 0 Å². The van der Waals surface area contributed by atoms with Crippen molar-refractivity contribution in [1.82, 2.24) is 5.32 Å². The van der Waals surface area contributed by atoms with Crippen LogP contribution >= 0.6 is 0 Å². The molecule has 0 heterocycles. The molecule has 1 N–H and O–H groups in total. The van der Waals surface area contributed by atoms with Gasteiger partial charge in [-0.15, -0.1) is 0 Å². The van der Waals surface area contributed by atoms with E-state index >= 15 is 0 Å². The van der Waals surface area contributed by atoms with Crippen LogP contribution in [0.4, 0.5) is 0 Å². The maximum atomic E-state index is 12.2. The van der Waals surface area contributed by atoms with Crippen LogP contribution in [-0.4, -0.2) is 24.5 Å². The van der Waals surface area contributed by atoms with Crippen LogP contribution in [0, 0.1) is 11.3 Å². The fourth-order valence-corrected chi connectivity index (χ4v) is 1.97. The summed E-state index contributed by atoms with van der Waals surface area (Å²) in [6, 6.07) is 8.58. The maximum Gasteiger partial charge on any atom is 0.328 e. The molecule has 0 aliphatic rings. The number of nitrogens with zero attached hydrogens (tertiary/aromatic N) is 1. The number of nitrogens with one attached hydrogen (secondary N) is 1. The molecule has 128 valence electrons. The number of allylic oxidation sites excluding steroid dienone is 1. The summed E-state index contributed by atoms with van der Waals surface area (Å²) < 4.78 is 5.01. The van der Waals surface area contributed by atoms with Gasteiger partial charge in [-0.25, -0.2) is 4.79 Å². The lowest BCUT2D eigenvalue weighted by Crippen LogP contribution is -2.39. The van der Waals surface area contributed by atoms with Crippen molar-refractivity contribution in [2.24, 2.45) is 0 Å². The van der Waals surface area contributed by atoms with E-state index in [0.29, 0.717) is 18.6 Å². The van der Waals surface area contributed by atoms with E-state index in [9.17, 15) is 9.59 Å². The van der Waals surface area contributed by atoms with E-state index in [4.69, 9.17) is 10.00 Å². The van der Waals surface area contributed by atoms with E-state index in [1.165, 1.54) is 0 Å². The number of hydrogen-bond donors (Lipinski definition) is 1. The minimum absolute atomic E-state index is 0.310. The Labute approximate surface area is 143 Å². The molecule has 0 aliphatic heterocycles. The van der Waals surface area contributed by atoms with Gasteiger partial charge in [0.05, 0.1) is 12.7 Å². The summed E-state index contributed by atoms with van der Waals surface area (Å²) in [5, 5.41) is 11.1. The number of hydrogen-bond acceptors (Lipinski definition) is 4. The average molecular weight is 328 g/mol. The molecule has 0 spiro atoms. The Morgan fingerprint density at radius 3 is 2.92 bits per heavy atom. The van der Waals surface area contributed by atoms with Crippen LogP contribution in [0.15, 0.2) is 30.3 Å². The molecule has 0 radical (unpaired) electrons. The summed E-state index contributed by atoms with van der Waals surface area (Å²) in [5.74, 6) is -0.741. The van der Waals surface area contributed by atoms with Crippen LogP contribution in [0.3, 0.4) is 0 Å². The van der Waals surface area contributed by atoms with Crippen LogP contribution in [0.2, 0.25) is 0 Å². The van der Waals surface area contributed by atoms with Crippen LogP contribution < -0.4 is 5.32 Å². The number of esters is 1. The number of unbranched alkanes of at least 4 members (excludes halogenated alkanes) is 2. The van der Waals surface area contributed by atoms with Crippen molar-refractivity contribution in [1.29, 1.82) is 5.26 Å². The van der Waals surface area contributed by atoms with Crippen LogP contribution in [0.5, 0.6) is 0 Å². The summed E-state index contributed by atoms with van der Waals surface area (Å²) >= 11 is 0. The highest BCUT2D eigenvalue weighted by Crippen LogP contribution is 2.09. The van der Waals surface area contributed by atoms with Crippen molar-refractivity contribution in [3.63, 3.8) is 0 Å². The van der Waals surface area contributed by atoms with E-state index in [-0.39, 0.29) is 5.91 Å². The Kier molecular flexibility index (Phi) is 8.91. The number of carbonyl (C=O) groups excluding carboxylic acids is 2. The Bertz CT molecular complexity index is 617. The molecule has 0 saturated carbocycles. The predicted molar refractivity (Wildman–Crippen MR) is 93.1 cm³/mol. The van der Waals surface area contributed by atoms with Crippen molar-refractivity contribution in [3.05, 3.63) is 41.5 Å². The maximum absolute atomic E-state index is 12.2. The van der Waals surface area contributed by atoms with Crippen molar-refractivity contribution < 1.29 is 14.3 Å². The topological polar surface area (TPSA) is 79.2 Å². The SMILES string of the molecule is CCCOC(=O)C(C)NC(=O)c1cccc(C=CCCCC#N)c1. The van der Waals surface area contributed by atoms with Crippen molar-refractivity contribution in [2.45, 2.75) is 45.6 Å². The van der Waals surface area contributed by atoms with Gasteiger partial charge in [-0.1, -0.05) is 31.2 Å². The molecule has 1 aromatic rings. The Hall–Kier alpha value is -2.61. The monoisotopic (exact) mass is 328 g/mol. The summed E-state index contributed by atoms with van der Waals surface area (Å²) in [4.78, 5) is 23.9. The van der Waals surface area contributed by atoms with Crippen LogP contribution in [-0.2, 0) is 9.53 Å². The highest BCUT2D eigenvalue weighted by Gasteiger charge is 2.17. The lowest BCUT2D eigenvalue weighted by Gasteiger charge is -2.13. The smallest absolute Gasteiger partial charge is 0.328 e. The third-order valence-corrected chi connectivity index (χ3v) is 3.27. The van der Waals surface area contributed by atoms with Gasteiger partial charge in [0.15, 0.2) is 0 Å². The third kappa shape index (κ3) is 7.10. The van der Waals surface area contributed by atoms with Crippen molar-refractivity contribution in [3.8, 4) is 6.07 Å². The van der Waals surface area contributed by atoms with Gasteiger partial charge in [-0.3, -0.25) is 4.79 Å². The van der Waals surface area contributed by atoms with Gasteiger partial charge in [0, 0.05) is 12.0 Å². The summed E-state index contributed by atoms with van der Waals surface area (Å²) in [7, 11) is 0. The molecule has 0 bridgehead atoms. The quantitative estimate of drug-likeness (QED) is 0.556. The second-order valence-corrected chi connectivity index (χ2v) is 5.44. The molecule has 0 aromatic heterocycles. The van der Waals surface area contributed by atoms with E-state index in [0.717, 1.165) is 24.8 Å². The minimum atomic E-state index is -0.686. The van der Waals surface area contributed by atoms with Crippen molar-refractivity contribution in [2.75, 3.05) is 6.61 Å². The third-order valence-electron chi connectivity index (χ3n) is 3.27. The standard InChI is InChI=1S/C19H24N2O3/c1-3-13-24-19(23)15(2)21-18(22)17-11-8-10-16(14-17)9-6-4-5-7-12-20/h6,8-11,14-15H,3-5,7,13H2,1-2H3,(H,21,22). The largest absolute Gasteiger partial charge is 0.464 e. The summed E-state index contributed by atoms with van der Waals surface area (Å²) in [6.07, 6.45) is 6.84. The van der Waals surface area contributed by atoms with Gasteiger partial charge in [0.25, 0.3) is 5.91 Å². The predicted octanol–water partition coefficient (Wildman–Crippen LogP) is 3.47. The van der Waals surface area contributed by atoms with E-state index in [1.54, 1.807) is 25.1 Å². The molecule has 5 heteroatoms. The van der Waals surface area contributed by atoms with Gasteiger partial charge < -0.3 is 10.1 Å². The Morgan fingerprint density at radius 2 is 2.21 bits per heavy atom. The number of ether oxygens (including phenoxy) is 1. The van der Waals surface area contributed by atoms with Gasteiger partial charge in [-0.05, 0) is 43.9 Å². The molecule has 0 fully saturated rings. The number of carbonyl (C=O) groups is 2. The zero-order chi connectivity index (χ0) is 17.8. The zero-order valence-corrected chi connectivity index (χ0v) is 14.2. The van der Waals surface area contributed by atoms with E-state index in [1.807, 2.05) is 25.1 Å². The van der Waals surface area contributed by atoms with Crippen molar-refractivity contribution >= 4 is 18.0 Å². The lowest BCUT2D eigenvalue weighted by molar-refractivity contribution is -0.145. The van der Waals surface area contributed by atoms with E-state index in [2.05, 4.69) is 11.4 Å². The second kappa shape index (κ2) is 11.0. The molecule has 5 nitrogen and oxygen atoms in total. The highest BCUT2D eigenvalue weighted by atomic mass is 16.5.